The van der Waals surface area contributed by atoms with Crippen LogP contribution in [-0.4, -0.2) is 13.3 Å². The highest BCUT2D eigenvalue weighted by atomic mass is 79.9. The lowest BCUT2D eigenvalue weighted by Gasteiger charge is -2.09. The number of benzene rings is 2. The molecular weight excluding hydrogens is 362 g/mol. The van der Waals surface area contributed by atoms with Gasteiger partial charge in [-0.25, -0.2) is 8.42 Å². The summed E-state index contributed by atoms with van der Waals surface area (Å²) >= 11 is 3.10. The molecule has 0 amide bonds. The zero-order chi connectivity index (χ0) is 15.6. The van der Waals surface area contributed by atoms with Gasteiger partial charge in [0.1, 0.15) is 0 Å². The minimum Gasteiger partial charge on any atom is -0.399 e. The molecule has 0 saturated carbocycles. The summed E-state index contributed by atoms with van der Waals surface area (Å²) < 4.78 is 27.0. The van der Waals surface area contributed by atoms with Crippen molar-refractivity contribution in [3.05, 3.63) is 57.1 Å². The summed E-state index contributed by atoms with van der Waals surface area (Å²) in [5.74, 6) is 0. The van der Waals surface area contributed by atoms with E-state index in [2.05, 4.69) is 20.7 Å². The van der Waals surface area contributed by atoms with Crippen molar-refractivity contribution in [2.45, 2.75) is 4.90 Å². The van der Waals surface area contributed by atoms with Crippen LogP contribution in [0.2, 0.25) is 0 Å². The molecule has 9 heteroatoms. The Kier molecular flexibility index (Phi) is 4.14. The number of non-ortho nitro benzene ring substituents is 1. The normalized spacial score (nSPS) is 11.1. The van der Waals surface area contributed by atoms with E-state index in [4.69, 9.17) is 5.73 Å². The van der Waals surface area contributed by atoms with Crippen molar-refractivity contribution in [3.8, 4) is 0 Å². The first kappa shape index (κ1) is 15.3. The van der Waals surface area contributed by atoms with E-state index in [1.54, 1.807) is 0 Å². The standard InChI is InChI=1S/C12H10BrN3O4S/c13-11-7-9(16(17)18)3-6-12(11)15-21(19,20)10-4-1-8(14)2-5-10/h1-7,15H,14H2. The van der Waals surface area contributed by atoms with E-state index in [0.717, 1.165) is 0 Å². The number of hydrogen-bond acceptors (Lipinski definition) is 5. The highest BCUT2D eigenvalue weighted by molar-refractivity contribution is 9.10. The summed E-state index contributed by atoms with van der Waals surface area (Å²) in [6.45, 7) is 0. The van der Waals surface area contributed by atoms with Gasteiger partial charge in [0, 0.05) is 22.3 Å². The van der Waals surface area contributed by atoms with E-state index in [1.807, 2.05) is 0 Å². The van der Waals surface area contributed by atoms with Gasteiger partial charge in [0.25, 0.3) is 15.7 Å². The van der Waals surface area contributed by atoms with Crippen LogP contribution in [0, 0.1) is 10.1 Å². The van der Waals surface area contributed by atoms with Crippen molar-refractivity contribution in [2.75, 3.05) is 10.5 Å². The van der Waals surface area contributed by atoms with E-state index in [0.29, 0.717) is 5.69 Å². The van der Waals surface area contributed by atoms with Crippen LogP contribution in [0.5, 0.6) is 0 Å². The van der Waals surface area contributed by atoms with Crippen molar-refractivity contribution in [3.63, 3.8) is 0 Å². The van der Waals surface area contributed by atoms with Crippen molar-refractivity contribution < 1.29 is 13.3 Å². The van der Waals surface area contributed by atoms with E-state index in [9.17, 15) is 18.5 Å². The Bertz CT molecular complexity index is 791. The van der Waals surface area contributed by atoms with Gasteiger partial charge in [-0.15, -0.1) is 0 Å². The SMILES string of the molecule is Nc1ccc(S(=O)(=O)Nc2ccc([N+](=O)[O-])cc2Br)cc1. The topological polar surface area (TPSA) is 115 Å². The summed E-state index contributed by atoms with van der Waals surface area (Å²) in [5.41, 5.74) is 6.02. The van der Waals surface area contributed by atoms with Gasteiger partial charge >= 0.3 is 0 Å². The molecule has 2 aromatic carbocycles. The average molecular weight is 372 g/mol. The maximum atomic E-state index is 12.2. The first-order valence-corrected chi connectivity index (χ1v) is 7.89. The maximum Gasteiger partial charge on any atom is 0.270 e. The van der Waals surface area contributed by atoms with Gasteiger partial charge in [0.2, 0.25) is 0 Å². The first-order chi connectivity index (χ1) is 9.79. The van der Waals surface area contributed by atoms with Crippen LogP contribution in [0.1, 0.15) is 0 Å². The zero-order valence-electron chi connectivity index (χ0n) is 10.5. The molecule has 2 aromatic rings. The number of nitrogen functional groups attached to an aromatic ring is 1. The first-order valence-electron chi connectivity index (χ1n) is 5.62. The molecule has 3 N–H and O–H groups in total. The minimum absolute atomic E-state index is 0.0435. The molecule has 0 aliphatic heterocycles. The lowest BCUT2D eigenvalue weighted by Crippen LogP contribution is -2.13. The molecule has 110 valence electrons. The molecule has 0 aromatic heterocycles. The Morgan fingerprint density at radius 3 is 2.29 bits per heavy atom. The van der Waals surface area contributed by atoms with E-state index in [1.165, 1.54) is 42.5 Å². The van der Waals surface area contributed by atoms with E-state index >= 15 is 0 Å². The highest BCUT2D eigenvalue weighted by Gasteiger charge is 2.17. The van der Waals surface area contributed by atoms with Crippen LogP contribution >= 0.6 is 15.9 Å². The third kappa shape index (κ3) is 3.50. The Balaban J connectivity index is 2.32. The maximum absolute atomic E-state index is 12.2. The van der Waals surface area contributed by atoms with Gasteiger partial charge < -0.3 is 5.73 Å². The number of nitrogens with one attached hydrogen (secondary N) is 1. The molecule has 0 heterocycles. The number of halogens is 1. The number of nitro benzene ring substituents is 1. The quantitative estimate of drug-likeness (QED) is 0.486. The number of sulfonamides is 1. The minimum atomic E-state index is -3.79. The summed E-state index contributed by atoms with van der Waals surface area (Å²) in [6, 6.07) is 9.44. The fourth-order valence-electron chi connectivity index (χ4n) is 1.55. The smallest absolute Gasteiger partial charge is 0.270 e. The van der Waals surface area contributed by atoms with Gasteiger partial charge in [0.05, 0.1) is 15.5 Å². The van der Waals surface area contributed by atoms with Crippen LogP contribution in [0.3, 0.4) is 0 Å². The van der Waals surface area contributed by atoms with Crippen LogP contribution < -0.4 is 10.5 Å². The van der Waals surface area contributed by atoms with Crippen LogP contribution in [0.25, 0.3) is 0 Å². The van der Waals surface area contributed by atoms with E-state index in [-0.39, 0.29) is 20.7 Å². The molecule has 7 nitrogen and oxygen atoms in total. The Morgan fingerprint density at radius 2 is 1.76 bits per heavy atom. The van der Waals surface area contributed by atoms with Crippen LogP contribution in [0.4, 0.5) is 17.1 Å². The van der Waals surface area contributed by atoms with Gasteiger partial charge in [-0.3, -0.25) is 14.8 Å². The lowest BCUT2D eigenvalue weighted by atomic mass is 10.3. The molecule has 0 bridgehead atoms. The summed E-state index contributed by atoms with van der Waals surface area (Å²) in [6.07, 6.45) is 0. The molecule has 0 saturated heterocycles. The van der Waals surface area contributed by atoms with Crippen molar-refractivity contribution in [1.29, 1.82) is 0 Å². The third-order valence-electron chi connectivity index (χ3n) is 2.60. The van der Waals surface area contributed by atoms with Crippen molar-refractivity contribution in [1.82, 2.24) is 0 Å². The summed E-state index contributed by atoms with van der Waals surface area (Å²) in [5, 5.41) is 10.6. The largest absolute Gasteiger partial charge is 0.399 e. The Morgan fingerprint density at radius 1 is 1.14 bits per heavy atom. The third-order valence-corrected chi connectivity index (χ3v) is 4.64. The van der Waals surface area contributed by atoms with E-state index < -0.39 is 14.9 Å². The molecule has 21 heavy (non-hydrogen) atoms. The van der Waals surface area contributed by atoms with Crippen LogP contribution in [-0.2, 0) is 10.0 Å². The number of nitrogens with two attached hydrogens (primary N) is 1. The summed E-state index contributed by atoms with van der Waals surface area (Å²) in [4.78, 5) is 10.1. The second-order valence-electron chi connectivity index (χ2n) is 4.10. The molecule has 0 unspecified atom stereocenters. The summed E-state index contributed by atoms with van der Waals surface area (Å²) in [7, 11) is -3.79. The number of nitro groups is 1. The molecule has 0 fully saturated rings. The molecule has 0 aliphatic carbocycles. The second kappa shape index (κ2) is 5.70. The van der Waals surface area contributed by atoms with Crippen LogP contribution in [0.15, 0.2) is 51.8 Å². The molecule has 2 rings (SSSR count). The van der Waals surface area contributed by atoms with Gasteiger partial charge in [-0.1, -0.05) is 0 Å². The predicted molar refractivity (Wildman–Crippen MR) is 82.5 cm³/mol. The Hall–Kier alpha value is -2.13. The molecular formula is C12H10BrN3O4S. The number of anilines is 2. The molecule has 0 atom stereocenters. The molecule has 0 aliphatic rings. The fraction of sp³-hybridized carbons (Fsp3) is 0. The van der Waals surface area contributed by atoms with Crippen molar-refractivity contribution in [2.24, 2.45) is 0 Å². The molecule has 0 spiro atoms. The highest BCUT2D eigenvalue weighted by Crippen LogP contribution is 2.29. The Labute approximate surface area is 129 Å². The predicted octanol–water partition coefficient (Wildman–Crippen LogP) is 2.74. The van der Waals surface area contributed by atoms with Gasteiger partial charge in [0.15, 0.2) is 0 Å². The average Bonchev–Trinajstić information content (AvgIpc) is 2.41. The van der Waals surface area contributed by atoms with Gasteiger partial charge in [-0.2, -0.15) is 0 Å². The number of nitrogens with zero attached hydrogens (tertiary/aromatic N) is 1. The number of hydrogen-bond donors (Lipinski definition) is 2. The second-order valence-corrected chi connectivity index (χ2v) is 6.63. The van der Waals surface area contributed by atoms with Crippen molar-refractivity contribution >= 4 is 43.0 Å². The fourth-order valence-corrected chi connectivity index (χ4v) is 3.23. The van der Waals surface area contributed by atoms with Gasteiger partial charge in [-0.05, 0) is 46.3 Å². The monoisotopic (exact) mass is 371 g/mol. The zero-order valence-corrected chi connectivity index (χ0v) is 12.9. The molecule has 0 radical (unpaired) electrons. The number of rotatable bonds is 4. The lowest BCUT2D eigenvalue weighted by molar-refractivity contribution is -0.384.